The molecule has 0 radical (unpaired) electrons. The summed E-state index contributed by atoms with van der Waals surface area (Å²) in [5, 5.41) is 0. The van der Waals surface area contributed by atoms with Crippen LogP contribution in [0, 0.1) is 0 Å². The molecule has 0 atom stereocenters. The second-order valence-corrected chi connectivity index (χ2v) is 7.70. The zero-order valence-electron chi connectivity index (χ0n) is 11.5. The summed E-state index contributed by atoms with van der Waals surface area (Å²) < 4.78 is 17.5. The van der Waals surface area contributed by atoms with E-state index >= 15 is 0 Å². The summed E-state index contributed by atoms with van der Waals surface area (Å²) >= 11 is 8.21. The molecule has 0 unspecified atom stereocenters. The van der Waals surface area contributed by atoms with Crippen LogP contribution < -0.4 is 14.2 Å². The van der Waals surface area contributed by atoms with E-state index in [9.17, 15) is 4.79 Å². The average Bonchev–Trinajstić information content (AvgIpc) is 2.83. The van der Waals surface area contributed by atoms with Crippen LogP contribution in [0.5, 0.6) is 17.2 Å². The largest absolute Gasteiger partial charge is 0.493 e. The first kappa shape index (κ1) is 16.3. The van der Waals surface area contributed by atoms with Crippen LogP contribution in [0.1, 0.15) is 15.9 Å². The van der Waals surface area contributed by atoms with Crippen molar-refractivity contribution in [3.8, 4) is 17.2 Å². The van der Waals surface area contributed by atoms with E-state index in [1.54, 1.807) is 18.2 Å². The maximum atomic E-state index is 12.7. The first-order valence-corrected chi connectivity index (χ1v) is 8.22. The molecular weight excluding hydrogens is 424 g/mol. The highest BCUT2D eigenvalue weighted by Crippen LogP contribution is 2.42. The Labute approximate surface area is 143 Å². The van der Waals surface area contributed by atoms with Crippen molar-refractivity contribution in [3.05, 3.63) is 36.9 Å². The fraction of sp³-hybridized carbons (Fsp3) is 0.214. The highest BCUT2D eigenvalue weighted by molar-refractivity contribution is 9.12. The molecule has 0 N–H and O–H groups in total. The van der Waals surface area contributed by atoms with Crippen molar-refractivity contribution in [1.29, 1.82) is 0 Å². The van der Waals surface area contributed by atoms with Gasteiger partial charge in [-0.1, -0.05) is 0 Å². The number of hydrogen-bond acceptors (Lipinski definition) is 5. The van der Waals surface area contributed by atoms with E-state index in [1.165, 1.54) is 32.7 Å². The van der Waals surface area contributed by atoms with Crippen LogP contribution in [0.4, 0.5) is 0 Å². The lowest BCUT2D eigenvalue weighted by Crippen LogP contribution is -2.06. The van der Waals surface area contributed by atoms with E-state index in [1.807, 2.05) is 0 Å². The number of ketones is 1. The minimum Gasteiger partial charge on any atom is -0.493 e. The van der Waals surface area contributed by atoms with Gasteiger partial charge < -0.3 is 14.2 Å². The van der Waals surface area contributed by atoms with E-state index in [4.69, 9.17) is 14.2 Å². The fourth-order valence-corrected chi connectivity index (χ4v) is 4.71. The predicted molar refractivity (Wildman–Crippen MR) is 89.2 cm³/mol. The van der Waals surface area contributed by atoms with Gasteiger partial charge in [0.25, 0.3) is 0 Å². The van der Waals surface area contributed by atoms with Gasteiger partial charge in [-0.3, -0.25) is 4.79 Å². The van der Waals surface area contributed by atoms with Gasteiger partial charge in [-0.05, 0) is 50.1 Å². The van der Waals surface area contributed by atoms with Crippen molar-refractivity contribution in [2.24, 2.45) is 0 Å². The molecule has 2 aromatic rings. The first-order chi connectivity index (χ1) is 10.0. The van der Waals surface area contributed by atoms with Gasteiger partial charge in [0.1, 0.15) is 0 Å². The van der Waals surface area contributed by atoms with Gasteiger partial charge in [0.05, 0.1) is 34.5 Å². The summed E-state index contributed by atoms with van der Waals surface area (Å²) in [5.74, 6) is 1.12. The van der Waals surface area contributed by atoms with Gasteiger partial charge in [-0.15, -0.1) is 11.3 Å². The summed E-state index contributed by atoms with van der Waals surface area (Å²) in [6.07, 6.45) is 0. The summed E-state index contributed by atoms with van der Waals surface area (Å²) in [4.78, 5) is 12.7. The number of carbonyl (C=O) groups is 1. The lowest BCUT2D eigenvalue weighted by molar-refractivity contribution is 0.103. The lowest BCUT2D eigenvalue weighted by Gasteiger charge is -2.14. The van der Waals surface area contributed by atoms with Crippen LogP contribution in [-0.4, -0.2) is 27.1 Å². The summed E-state index contributed by atoms with van der Waals surface area (Å²) in [6.45, 7) is 0. The van der Waals surface area contributed by atoms with Gasteiger partial charge in [-0.25, -0.2) is 0 Å². The molecule has 0 saturated carbocycles. The lowest BCUT2D eigenvalue weighted by atomic mass is 10.0. The first-order valence-electron chi connectivity index (χ1n) is 5.82. The summed E-state index contributed by atoms with van der Waals surface area (Å²) in [5.41, 5.74) is 0.985. The second-order valence-electron chi connectivity index (χ2n) is 3.95. The number of methoxy groups -OCH3 is 3. The molecule has 0 aliphatic rings. The van der Waals surface area contributed by atoms with E-state index in [2.05, 4.69) is 31.9 Å². The normalized spacial score (nSPS) is 10.3. The molecule has 0 aliphatic heterocycles. The number of benzene rings is 1. The van der Waals surface area contributed by atoms with Gasteiger partial charge in [0.2, 0.25) is 5.75 Å². The van der Waals surface area contributed by atoms with Gasteiger partial charge in [0, 0.05) is 5.56 Å². The van der Waals surface area contributed by atoms with Crippen LogP contribution in [0.25, 0.3) is 0 Å². The van der Waals surface area contributed by atoms with Crippen molar-refractivity contribution >= 4 is 49.0 Å². The van der Waals surface area contributed by atoms with Gasteiger partial charge in [-0.2, -0.15) is 0 Å². The Balaban J connectivity index is 2.58. The number of rotatable bonds is 5. The third-order valence-electron chi connectivity index (χ3n) is 2.85. The molecule has 2 rings (SSSR count). The number of hydrogen-bond donors (Lipinski definition) is 0. The number of halogens is 2. The quantitative estimate of drug-likeness (QED) is 0.647. The van der Waals surface area contributed by atoms with Crippen molar-refractivity contribution in [2.45, 2.75) is 0 Å². The third kappa shape index (κ3) is 3.09. The van der Waals surface area contributed by atoms with E-state index in [0.29, 0.717) is 28.4 Å². The van der Waals surface area contributed by atoms with Gasteiger partial charge >= 0.3 is 0 Å². The van der Waals surface area contributed by atoms with Crippen LogP contribution in [-0.2, 0) is 0 Å². The van der Waals surface area contributed by atoms with Crippen LogP contribution in [0.2, 0.25) is 0 Å². The van der Waals surface area contributed by atoms with Crippen molar-refractivity contribution in [3.63, 3.8) is 0 Å². The molecule has 4 nitrogen and oxygen atoms in total. The average molecular weight is 436 g/mol. The minimum absolute atomic E-state index is 0.151. The molecule has 0 amide bonds. The molecular formula is C14H12Br2O4S. The van der Waals surface area contributed by atoms with E-state index in [-0.39, 0.29) is 5.78 Å². The molecule has 1 aromatic carbocycles. The molecule has 0 aliphatic carbocycles. The molecule has 1 heterocycles. The third-order valence-corrected chi connectivity index (χ3v) is 5.19. The maximum Gasteiger partial charge on any atom is 0.204 e. The Morgan fingerprint density at radius 1 is 1.00 bits per heavy atom. The molecule has 1 aromatic heterocycles. The maximum absolute atomic E-state index is 12.7. The molecule has 112 valence electrons. The standard InChI is InChI=1S/C14H12Br2O4S/c1-18-9-5-4-7(12(19-2)13(9)20-3)11(17)8-6-10(15)21-14(8)16/h4-6H,1-3H3. The molecule has 0 fully saturated rings. The highest BCUT2D eigenvalue weighted by atomic mass is 79.9. The Kier molecular flexibility index (Phi) is 5.29. The molecule has 21 heavy (non-hydrogen) atoms. The van der Waals surface area contributed by atoms with Crippen molar-refractivity contribution < 1.29 is 19.0 Å². The van der Waals surface area contributed by atoms with Crippen LogP contribution in [0.3, 0.4) is 0 Å². The number of carbonyl (C=O) groups excluding carboxylic acids is 1. The van der Waals surface area contributed by atoms with E-state index in [0.717, 1.165) is 7.57 Å². The predicted octanol–water partition coefficient (Wildman–Crippen LogP) is 4.53. The topological polar surface area (TPSA) is 44.8 Å². The van der Waals surface area contributed by atoms with Gasteiger partial charge in [0.15, 0.2) is 17.3 Å². The smallest absolute Gasteiger partial charge is 0.204 e. The van der Waals surface area contributed by atoms with Crippen LogP contribution >= 0.6 is 43.2 Å². The van der Waals surface area contributed by atoms with Crippen molar-refractivity contribution in [2.75, 3.05) is 21.3 Å². The highest BCUT2D eigenvalue weighted by Gasteiger charge is 2.24. The Morgan fingerprint density at radius 3 is 2.14 bits per heavy atom. The molecule has 0 bridgehead atoms. The number of ether oxygens (including phenoxy) is 3. The monoisotopic (exact) mass is 434 g/mol. The Bertz CT molecular complexity index is 682. The Hall–Kier alpha value is -1.05. The zero-order chi connectivity index (χ0) is 15.6. The van der Waals surface area contributed by atoms with E-state index < -0.39 is 0 Å². The summed E-state index contributed by atoms with van der Waals surface area (Å²) in [6, 6.07) is 5.12. The Morgan fingerprint density at radius 2 is 1.67 bits per heavy atom. The zero-order valence-corrected chi connectivity index (χ0v) is 15.5. The second kappa shape index (κ2) is 6.81. The minimum atomic E-state index is -0.151. The number of thiophene rings is 1. The molecule has 0 spiro atoms. The van der Waals surface area contributed by atoms with Crippen LogP contribution in [0.15, 0.2) is 25.8 Å². The SMILES string of the molecule is COc1ccc(C(=O)c2cc(Br)sc2Br)c(OC)c1OC. The fourth-order valence-electron chi connectivity index (χ4n) is 1.92. The van der Waals surface area contributed by atoms with Crippen molar-refractivity contribution in [1.82, 2.24) is 0 Å². The molecule has 0 saturated heterocycles. The molecule has 7 heteroatoms. The summed E-state index contributed by atoms with van der Waals surface area (Å²) in [7, 11) is 4.53.